The average molecular weight is 1060 g/mol. The Kier molecular flexibility index (Phi) is 47.7. The van der Waals surface area contributed by atoms with Crippen molar-refractivity contribution in [2.45, 2.75) is 372 Å². The highest BCUT2D eigenvalue weighted by Crippen LogP contribution is 2.41. The Morgan fingerprint density at radius 1 is 0.243 bits per heavy atom. The summed E-state index contributed by atoms with van der Waals surface area (Å²) in [5.74, 6) is 6.65. The van der Waals surface area contributed by atoms with Gasteiger partial charge in [0.15, 0.2) is 0 Å². The maximum atomic E-state index is 2.34. The minimum absolute atomic E-state index is 0.437. The van der Waals surface area contributed by atoms with Crippen LogP contribution in [0.5, 0.6) is 0 Å². The molecule has 0 N–H and O–H groups in total. The van der Waals surface area contributed by atoms with Gasteiger partial charge < -0.3 is 0 Å². The van der Waals surface area contributed by atoms with Gasteiger partial charge in [0.2, 0.25) is 0 Å². The second-order valence-electron chi connectivity index (χ2n) is 36.3. The Morgan fingerprint density at radius 2 is 0.432 bits per heavy atom. The number of hydrogen-bond acceptors (Lipinski definition) is 0. The molecule has 0 aromatic carbocycles. The standard InChI is InChI=1S/2C9H20.7C8H18/c1-7-9(5,6)8(2,3)4;1-7(2)9(5,6)8(3)4;3*1-7(2,3)8(4,5)6;2*1-6-7(2)8(3,4)5;1-6-8(4,5)7(2)3;1-6(2)8(5)7(3)4/h7H2,1-6H3;7-8H,1-6H3;3*1-6H3;3*7H,6H2,1-5H3;6-8H,1-5H3/t;;;;;7-;;;/m.....1.../s1. The van der Waals surface area contributed by atoms with E-state index in [9.17, 15) is 0 Å². The minimum Gasteiger partial charge on any atom is -0.0651 e. The van der Waals surface area contributed by atoms with Gasteiger partial charge in [0.1, 0.15) is 0 Å². The Labute approximate surface area is 481 Å². The molecule has 74 heavy (non-hydrogen) atoms. The first-order chi connectivity index (χ1) is 31.5. The van der Waals surface area contributed by atoms with Crippen LogP contribution in [0.3, 0.4) is 0 Å². The van der Waals surface area contributed by atoms with E-state index in [0.29, 0.717) is 65.0 Å². The molecule has 0 aromatic heterocycles. The molecule has 0 aliphatic heterocycles. The van der Waals surface area contributed by atoms with Crippen LogP contribution < -0.4 is 0 Å². The van der Waals surface area contributed by atoms with Gasteiger partial charge in [-0.1, -0.05) is 372 Å². The topological polar surface area (TPSA) is 0 Å². The Bertz CT molecular complexity index is 1080. The predicted octanol–water partition coefficient (Wildman–Crippen LogP) is 28.2. The molecule has 0 spiro atoms. The van der Waals surface area contributed by atoms with Crippen LogP contribution in [0.25, 0.3) is 0 Å². The van der Waals surface area contributed by atoms with Gasteiger partial charge in [-0.25, -0.2) is 0 Å². The van der Waals surface area contributed by atoms with Crippen LogP contribution in [0, 0.1) is 112 Å². The van der Waals surface area contributed by atoms with Crippen molar-refractivity contribution >= 4 is 0 Å². The van der Waals surface area contributed by atoms with Crippen molar-refractivity contribution < 1.29 is 0 Å². The fourth-order valence-corrected chi connectivity index (χ4v) is 3.60. The molecule has 0 rings (SSSR count). The molecule has 2 atom stereocenters. The molecule has 0 aromatic rings. The van der Waals surface area contributed by atoms with E-state index in [4.69, 9.17) is 0 Å². The quantitative estimate of drug-likeness (QED) is 0.216. The second-order valence-corrected chi connectivity index (χ2v) is 36.3. The lowest BCUT2D eigenvalue weighted by Gasteiger charge is -2.37. The van der Waals surface area contributed by atoms with Gasteiger partial charge in [-0.2, -0.15) is 0 Å². The zero-order valence-corrected chi connectivity index (χ0v) is 63.4. The van der Waals surface area contributed by atoms with Crippen LogP contribution in [0.2, 0.25) is 0 Å². The van der Waals surface area contributed by atoms with Gasteiger partial charge in [0, 0.05) is 0 Å². The van der Waals surface area contributed by atoms with Crippen LogP contribution in [0.15, 0.2) is 0 Å². The maximum Gasteiger partial charge on any atom is -0.0308 e. The highest BCUT2D eigenvalue weighted by molar-refractivity contribution is 4.81. The van der Waals surface area contributed by atoms with Crippen molar-refractivity contribution in [3.8, 4) is 0 Å². The first-order valence-corrected chi connectivity index (χ1v) is 31.5. The smallest absolute Gasteiger partial charge is 0.0308 e. The predicted molar refractivity (Wildman–Crippen MR) is 359 cm³/mol. The van der Waals surface area contributed by atoms with E-state index in [1.165, 1.54) is 25.7 Å². The molecule has 0 saturated carbocycles. The van der Waals surface area contributed by atoms with Gasteiger partial charge in [-0.05, 0) is 112 Å². The molecule has 0 aliphatic rings. The molecule has 462 valence electrons. The highest BCUT2D eigenvalue weighted by atomic mass is 14.4. The lowest BCUT2D eigenvalue weighted by Crippen LogP contribution is -2.28. The summed E-state index contributed by atoms with van der Waals surface area (Å²) < 4.78 is 0. The summed E-state index contributed by atoms with van der Waals surface area (Å²) in [5.41, 5.74) is 5.61. The molecule has 0 aliphatic carbocycles. The average Bonchev–Trinajstić information content (AvgIpc) is 3.15. The van der Waals surface area contributed by atoms with Crippen molar-refractivity contribution in [2.24, 2.45) is 112 Å². The summed E-state index contributed by atoms with van der Waals surface area (Å²) in [4.78, 5) is 0. The maximum absolute atomic E-state index is 2.34. The Morgan fingerprint density at radius 3 is 0.432 bits per heavy atom. The normalized spacial score (nSPS) is 14.1. The van der Waals surface area contributed by atoms with Crippen molar-refractivity contribution in [1.82, 2.24) is 0 Å². The zero-order chi connectivity index (χ0) is 63.4. The van der Waals surface area contributed by atoms with Gasteiger partial charge in [-0.3, -0.25) is 0 Å². The molecule has 0 saturated heterocycles. The number of rotatable bonds is 9. The summed E-state index contributed by atoms with van der Waals surface area (Å²) >= 11 is 0. The summed E-state index contributed by atoms with van der Waals surface area (Å²) in [6.45, 7) is 114. The fraction of sp³-hybridized carbons (Fsp3) is 1.00. The largest absolute Gasteiger partial charge is 0.0651 e. The van der Waals surface area contributed by atoms with Crippen LogP contribution >= 0.6 is 0 Å². The van der Waals surface area contributed by atoms with Crippen LogP contribution in [0.1, 0.15) is 372 Å². The SMILES string of the molecule is CC(C)(C)C(C)(C)C.CC(C)(C)C(C)(C)C.CC(C)(C)C(C)(C)C.CC(C)C(C)(C)C(C)C.CC(C)C(C)C(C)C.CCC(C)(C)C(C)(C)C.CCC(C)(C)C(C)C.CCC(C)C(C)(C)C.CC[C@@H](C)C(C)(C)C. The van der Waals surface area contributed by atoms with Crippen LogP contribution in [0.4, 0.5) is 0 Å². The first-order valence-electron chi connectivity index (χ1n) is 31.5. The van der Waals surface area contributed by atoms with Crippen LogP contribution in [-0.4, -0.2) is 0 Å². The zero-order valence-electron chi connectivity index (χ0n) is 63.4. The third kappa shape index (κ3) is 51.4. The molecular weight excluding hydrogens is 889 g/mol. The van der Waals surface area contributed by atoms with E-state index < -0.39 is 0 Å². The summed E-state index contributed by atoms with van der Waals surface area (Å²) in [6, 6.07) is 0. The molecule has 0 amide bonds. The minimum atomic E-state index is 0.437. The van der Waals surface area contributed by atoms with Crippen molar-refractivity contribution in [3.05, 3.63) is 0 Å². The van der Waals surface area contributed by atoms with Crippen molar-refractivity contribution in [1.29, 1.82) is 0 Å². The van der Waals surface area contributed by atoms with E-state index in [1.807, 2.05) is 0 Å². The molecule has 0 nitrogen and oxygen atoms in total. The summed E-state index contributed by atoms with van der Waals surface area (Å²) in [5, 5.41) is 0. The molecule has 0 radical (unpaired) electrons. The third-order valence-electron chi connectivity index (χ3n) is 21.4. The highest BCUT2D eigenvalue weighted by Gasteiger charge is 2.31. The van der Waals surface area contributed by atoms with E-state index in [0.717, 1.165) is 47.3 Å². The van der Waals surface area contributed by atoms with Gasteiger partial charge in [0.05, 0.1) is 0 Å². The third-order valence-corrected chi connectivity index (χ3v) is 21.4. The van der Waals surface area contributed by atoms with Gasteiger partial charge in [-0.15, -0.1) is 0 Å². The van der Waals surface area contributed by atoms with E-state index in [-0.39, 0.29) is 0 Å². The molecule has 0 fully saturated rings. The molecular formula is C74H166. The lowest BCUT2D eigenvalue weighted by molar-refractivity contribution is 0.126. The second kappa shape index (κ2) is 37.8. The van der Waals surface area contributed by atoms with Gasteiger partial charge >= 0.3 is 0 Å². The van der Waals surface area contributed by atoms with Crippen LogP contribution in [-0.2, 0) is 0 Å². The van der Waals surface area contributed by atoms with E-state index in [2.05, 4.69) is 346 Å². The monoisotopic (exact) mass is 1060 g/mol. The first kappa shape index (κ1) is 93.3. The van der Waals surface area contributed by atoms with Crippen molar-refractivity contribution in [2.75, 3.05) is 0 Å². The molecule has 1 unspecified atom stereocenters. The summed E-state index contributed by atoms with van der Waals surface area (Å²) in [7, 11) is 0. The lowest BCUT2D eigenvalue weighted by atomic mass is 9.68. The van der Waals surface area contributed by atoms with Crippen molar-refractivity contribution in [3.63, 3.8) is 0 Å². The Hall–Kier alpha value is 0. The van der Waals surface area contributed by atoms with E-state index in [1.54, 1.807) is 0 Å². The molecule has 0 heterocycles. The fourth-order valence-electron chi connectivity index (χ4n) is 3.60. The van der Waals surface area contributed by atoms with E-state index >= 15 is 0 Å². The molecule has 0 bridgehead atoms. The molecule has 0 heteroatoms. The summed E-state index contributed by atoms with van der Waals surface area (Å²) in [6.07, 6.45) is 5.13. The van der Waals surface area contributed by atoms with Gasteiger partial charge in [0.25, 0.3) is 0 Å². The Balaban J connectivity index is -0.0000000918. The number of hydrogen-bond donors (Lipinski definition) is 0.